The molecule has 2 aromatic carbocycles. The van der Waals surface area contributed by atoms with Crippen molar-refractivity contribution in [1.29, 1.82) is 0 Å². The number of carbonyl (C=O) groups is 1. The van der Waals surface area contributed by atoms with Crippen LogP contribution in [0, 0.1) is 5.92 Å². The van der Waals surface area contributed by atoms with E-state index in [1.807, 2.05) is 0 Å². The lowest BCUT2D eigenvalue weighted by Gasteiger charge is -2.26. The zero-order valence-electron chi connectivity index (χ0n) is 16.7. The number of nitrogens with zero attached hydrogens (tertiary/aromatic N) is 1. The zero-order valence-corrected chi connectivity index (χ0v) is 18.2. The van der Waals surface area contributed by atoms with Crippen molar-refractivity contribution in [3.63, 3.8) is 0 Å². The van der Waals surface area contributed by atoms with Gasteiger partial charge < -0.3 is 15.2 Å². The summed E-state index contributed by atoms with van der Waals surface area (Å²) in [5, 5.41) is 1.31. The topological polar surface area (TPSA) is 73.9 Å². The van der Waals surface area contributed by atoms with Crippen LogP contribution in [0.15, 0.2) is 53.5 Å². The van der Waals surface area contributed by atoms with Crippen molar-refractivity contribution in [1.82, 2.24) is 0 Å². The Labute approximate surface area is 187 Å². The molecule has 7 heteroatoms. The van der Waals surface area contributed by atoms with E-state index in [0.717, 1.165) is 25.7 Å². The van der Waals surface area contributed by atoms with E-state index in [4.69, 9.17) is 38.4 Å². The highest BCUT2D eigenvalue weighted by Gasteiger charge is 2.23. The predicted octanol–water partition coefficient (Wildman–Crippen LogP) is 5.33. The van der Waals surface area contributed by atoms with Crippen molar-refractivity contribution in [3.8, 4) is 11.5 Å². The maximum Gasteiger partial charge on any atom is 0.170 e. The van der Waals surface area contributed by atoms with Crippen molar-refractivity contribution in [3.05, 3.63) is 58.6 Å². The van der Waals surface area contributed by atoms with Crippen LogP contribution in [0.3, 0.4) is 0 Å². The molecule has 0 atom stereocenters. The summed E-state index contributed by atoms with van der Waals surface area (Å²) >= 11 is 11.7. The second-order valence-corrected chi connectivity index (χ2v) is 8.40. The van der Waals surface area contributed by atoms with Crippen molar-refractivity contribution < 1.29 is 14.3 Å². The van der Waals surface area contributed by atoms with Crippen LogP contribution in [0.2, 0.25) is 10.0 Å². The smallest absolute Gasteiger partial charge is 0.170 e. The van der Waals surface area contributed by atoms with Gasteiger partial charge in [-0.3, -0.25) is 9.79 Å². The first-order chi connectivity index (χ1) is 14.5. The van der Waals surface area contributed by atoms with Crippen LogP contribution in [-0.4, -0.2) is 30.9 Å². The van der Waals surface area contributed by atoms with E-state index in [1.165, 1.54) is 0 Å². The number of halogens is 2. The van der Waals surface area contributed by atoms with Crippen molar-refractivity contribution in [2.24, 2.45) is 16.6 Å². The Morgan fingerprint density at radius 2 is 1.37 bits per heavy atom. The molecule has 0 aromatic heterocycles. The minimum Gasteiger partial charge on any atom is -0.486 e. The first-order valence-electron chi connectivity index (χ1n) is 10.1. The lowest BCUT2D eigenvalue weighted by atomic mass is 9.83. The fourth-order valence-electron chi connectivity index (χ4n) is 3.51. The molecule has 1 saturated carbocycles. The number of hydrogen-bond acceptors (Lipinski definition) is 4. The largest absolute Gasteiger partial charge is 0.486 e. The van der Waals surface area contributed by atoms with Gasteiger partial charge >= 0.3 is 0 Å². The number of amidine groups is 1. The number of rotatable bonds is 9. The lowest BCUT2D eigenvalue weighted by molar-refractivity contribution is -0.122. The van der Waals surface area contributed by atoms with E-state index in [9.17, 15) is 4.79 Å². The highest BCUT2D eigenvalue weighted by Crippen LogP contribution is 2.29. The maximum atomic E-state index is 12.2. The number of aliphatic imine (C=N–C) groups is 1. The molecule has 5 nitrogen and oxygen atoms in total. The van der Waals surface area contributed by atoms with E-state index in [2.05, 4.69) is 4.99 Å². The van der Waals surface area contributed by atoms with Crippen LogP contribution < -0.4 is 15.2 Å². The highest BCUT2D eigenvalue weighted by molar-refractivity contribution is 6.30. The molecule has 30 heavy (non-hydrogen) atoms. The van der Waals surface area contributed by atoms with Gasteiger partial charge in [-0.2, -0.15) is 0 Å². The Morgan fingerprint density at radius 1 is 0.867 bits per heavy atom. The highest BCUT2D eigenvalue weighted by atomic mass is 35.5. The molecule has 3 rings (SSSR count). The van der Waals surface area contributed by atoms with Crippen molar-refractivity contribution in [2.75, 3.05) is 13.2 Å². The summed E-state index contributed by atoms with van der Waals surface area (Å²) in [7, 11) is 0. The lowest BCUT2D eigenvalue weighted by Crippen LogP contribution is -2.27. The van der Waals surface area contributed by atoms with Gasteiger partial charge in [-0.15, -0.1) is 0 Å². The summed E-state index contributed by atoms with van der Waals surface area (Å²) in [6, 6.07) is 14.4. The first kappa shape index (κ1) is 22.4. The fourth-order valence-corrected chi connectivity index (χ4v) is 3.77. The van der Waals surface area contributed by atoms with Gasteiger partial charge in [0.2, 0.25) is 0 Å². The number of nitrogens with two attached hydrogens (primary N) is 1. The first-order valence-corrected chi connectivity index (χ1v) is 10.8. The number of benzene rings is 2. The molecule has 0 spiro atoms. The fraction of sp³-hybridized carbons (Fsp3) is 0.391. The molecule has 0 radical (unpaired) electrons. The monoisotopic (exact) mass is 448 g/mol. The zero-order chi connectivity index (χ0) is 21.3. The summed E-state index contributed by atoms with van der Waals surface area (Å²) in [6.45, 7) is 0.344. The average molecular weight is 449 g/mol. The SMILES string of the molecule is NC(COc1ccc(Cl)cc1)=NC1CCC(CC(=O)COc2ccc(Cl)cc2)CC1. The molecule has 160 valence electrons. The minimum absolute atomic E-state index is 0.0920. The molecule has 1 aliphatic carbocycles. The third kappa shape index (κ3) is 7.54. The molecule has 2 aromatic rings. The van der Waals surface area contributed by atoms with E-state index in [-0.39, 0.29) is 25.0 Å². The molecule has 1 aliphatic rings. The van der Waals surface area contributed by atoms with E-state index in [0.29, 0.717) is 39.7 Å². The summed E-state index contributed by atoms with van der Waals surface area (Å²) in [4.78, 5) is 16.8. The minimum atomic E-state index is 0.0920. The molecule has 1 fully saturated rings. The van der Waals surface area contributed by atoms with Gasteiger partial charge in [0.05, 0.1) is 6.04 Å². The van der Waals surface area contributed by atoms with Gasteiger partial charge in [0.15, 0.2) is 5.78 Å². The molecule has 0 aliphatic heterocycles. The number of hydrogen-bond donors (Lipinski definition) is 1. The van der Waals surface area contributed by atoms with Crippen LogP contribution in [-0.2, 0) is 4.79 Å². The van der Waals surface area contributed by atoms with Crippen LogP contribution in [0.5, 0.6) is 11.5 Å². The number of ether oxygens (including phenoxy) is 2. The van der Waals surface area contributed by atoms with Crippen LogP contribution in [0.4, 0.5) is 0 Å². The number of ketones is 1. The summed E-state index contributed by atoms with van der Waals surface area (Å²) in [6.07, 6.45) is 4.33. The third-order valence-electron chi connectivity index (χ3n) is 5.09. The maximum absolute atomic E-state index is 12.2. The molecular formula is C23H26Cl2N2O3. The molecule has 0 amide bonds. The summed E-state index contributed by atoms with van der Waals surface area (Å²) < 4.78 is 11.2. The molecule has 0 heterocycles. The Kier molecular flexibility index (Phi) is 8.40. The summed E-state index contributed by atoms with van der Waals surface area (Å²) in [5.74, 6) is 2.35. The van der Waals surface area contributed by atoms with Crippen molar-refractivity contribution >= 4 is 34.8 Å². The average Bonchev–Trinajstić information content (AvgIpc) is 2.74. The Bertz CT molecular complexity index is 846. The van der Waals surface area contributed by atoms with Gasteiger partial charge in [-0.25, -0.2) is 0 Å². The van der Waals surface area contributed by atoms with E-state index in [1.54, 1.807) is 48.5 Å². The van der Waals surface area contributed by atoms with Gasteiger partial charge in [0, 0.05) is 16.5 Å². The van der Waals surface area contributed by atoms with Gasteiger partial charge in [-0.1, -0.05) is 23.2 Å². The van der Waals surface area contributed by atoms with Crippen LogP contribution in [0.25, 0.3) is 0 Å². The molecular weight excluding hydrogens is 423 g/mol. The standard InChI is InChI=1S/C23H26Cl2N2O3/c24-17-3-9-21(10-4-17)29-14-20(28)13-16-1-7-19(8-2-16)27-23(26)15-30-22-11-5-18(25)6-12-22/h3-6,9-12,16,19H,1-2,7-8,13-15H2,(H2,26,27). The second kappa shape index (κ2) is 11.2. The molecule has 0 bridgehead atoms. The Morgan fingerprint density at radius 3 is 1.90 bits per heavy atom. The molecule has 0 saturated heterocycles. The van der Waals surface area contributed by atoms with Gasteiger partial charge in [0.25, 0.3) is 0 Å². The summed E-state index contributed by atoms with van der Waals surface area (Å²) in [5.41, 5.74) is 6.02. The van der Waals surface area contributed by atoms with E-state index < -0.39 is 0 Å². The van der Waals surface area contributed by atoms with Crippen LogP contribution in [0.1, 0.15) is 32.1 Å². The normalized spacial score (nSPS) is 19.3. The van der Waals surface area contributed by atoms with Gasteiger partial charge in [0.1, 0.15) is 30.5 Å². The van der Waals surface area contributed by atoms with E-state index >= 15 is 0 Å². The quantitative estimate of drug-likeness (QED) is 0.415. The molecule has 2 N–H and O–H groups in total. The number of Topliss-reactive ketones (excluding diaryl/α,β-unsaturated/α-hetero) is 1. The molecule has 0 unspecified atom stereocenters. The predicted molar refractivity (Wildman–Crippen MR) is 121 cm³/mol. The van der Waals surface area contributed by atoms with Gasteiger partial charge in [-0.05, 0) is 80.1 Å². The third-order valence-corrected chi connectivity index (χ3v) is 5.60. The van der Waals surface area contributed by atoms with Crippen molar-refractivity contribution in [2.45, 2.75) is 38.1 Å². The number of carbonyl (C=O) groups excluding carboxylic acids is 1. The second-order valence-electron chi connectivity index (χ2n) is 7.52. The Hall–Kier alpha value is -2.24. The Balaban J connectivity index is 1.35. The van der Waals surface area contributed by atoms with Crippen LogP contribution >= 0.6 is 23.2 Å².